The molecule has 6 heteroatoms. The summed E-state index contributed by atoms with van der Waals surface area (Å²) in [5, 5.41) is 6.73. The lowest BCUT2D eigenvalue weighted by molar-refractivity contribution is -0.460. The van der Waals surface area contributed by atoms with E-state index in [9.17, 15) is 4.79 Å². The van der Waals surface area contributed by atoms with Crippen LogP contribution in [0.1, 0.15) is 12.1 Å². The number of anilines is 1. The zero-order valence-electron chi connectivity index (χ0n) is 10.5. The number of fused-ring (bicyclic) bond motifs is 1. The van der Waals surface area contributed by atoms with E-state index >= 15 is 0 Å². The number of guanidine groups is 1. The molecule has 1 aliphatic heterocycles. The first-order valence-electron chi connectivity index (χ1n) is 6.13. The third-order valence-corrected chi connectivity index (χ3v) is 2.95. The Morgan fingerprint density at radius 1 is 1.32 bits per heavy atom. The minimum Gasteiger partial charge on any atom is -0.277 e. The molecule has 0 saturated heterocycles. The van der Waals surface area contributed by atoms with E-state index < -0.39 is 0 Å². The fraction of sp³-hybridized carbons (Fsp3) is 0.231. The number of carbonyl (C=O) groups excluding carboxylic acids is 1. The van der Waals surface area contributed by atoms with Gasteiger partial charge in [0.25, 0.3) is 11.9 Å². The Morgan fingerprint density at radius 3 is 3.00 bits per heavy atom. The molecule has 0 bridgehead atoms. The lowest BCUT2D eigenvalue weighted by atomic mass is 10.2. The van der Waals surface area contributed by atoms with Crippen LogP contribution < -0.4 is 15.6 Å². The van der Waals surface area contributed by atoms with Crippen LogP contribution in [0.2, 0.25) is 0 Å². The van der Waals surface area contributed by atoms with Crippen molar-refractivity contribution in [1.29, 1.82) is 0 Å². The highest BCUT2D eigenvalue weighted by Crippen LogP contribution is 2.16. The predicted molar refractivity (Wildman–Crippen MR) is 71.5 cm³/mol. The third-order valence-electron chi connectivity index (χ3n) is 2.95. The first kappa shape index (κ1) is 11.6. The van der Waals surface area contributed by atoms with Crippen LogP contribution >= 0.6 is 0 Å². The smallest absolute Gasteiger partial charge is 0.277 e. The summed E-state index contributed by atoms with van der Waals surface area (Å²) in [5.41, 5.74) is 1.77. The van der Waals surface area contributed by atoms with E-state index in [0.717, 1.165) is 16.6 Å². The van der Waals surface area contributed by atoms with Gasteiger partial charge in [0.2, 0.25) is 0 Å². The largest absolute Gasteiger partial charge is 0.358 e. The lowest BCUT2D eigenvalue weighted by Gasteiger charge is -2.08. The van der Waals surface area contributed by atoms with Gasteiger partial charge in [0.1, 0.15) is 0 Å². The molecule has 96 valence electrons. The van der Waals surface area contributed by atoms with Crippen LogP contribution in [0, 0.1) is 6.92 Å². The molecule has 0 saturated carbocycles. The molecule has 3 N–H and O–H groups in total. The number of benzene rings is 1. The van der Waals surface area contributed by atoms with Crippen LogP contribution in [-0.4, -0.2) is 28.4 Å². The van der Waals surface area contributed by atoms with Gasteiger partial charge in [-0.2, -0.15) is 4.98 Å². The Balaban J connectivity index is 1.93. The molecule has 0 fully saturated rings. The summed E-state index contributed by atoms with van der Waals surface area (Å²) in [6.45, 7) is 2.55. The Hall–Kier alpha value is -2.50. The van der Waals surface area contributed by atoms with Gasteiger partial charge in [0, 0.05) is 5.39 Å². The van der Waals surface area contributed by atoms with E-state index in [1.54, 1.807) is 0 Å². The number of para-hydroxylation sites is 1. The van der Waals surface area contributed by atoms with E-state index in [4.69, 9.17) is 0 Å². The maximum absolute atomic E-state index is 11.3. The zero-order chi connectivity index (χ0) is 13.2. The van der Waals surface area contributed by atoms with Crippen LogP contribution in [0.5, 0.6) is 0 Å². The number of hydrogen-bond acceptors (Lipinski definition) is 4. The standard InChI is InChI=1S/C13H13N5O/c1-8-9-4-2-3-5-10(9)16-13(15-8)18-12-14-7-6-11(19)17-12/h2-5H,6-7H2,1H3,(H2,14,15,16,17,18,19)/p+1. The van der Waals surface area contributed by atoms with Gasteiger partial charge < -0.3 is 0 Å². The Labute approximate surface area is 110 Å². The molecule has 0 unspecified atom stereocenters. The summed E-state index contributed by atoms with van der Waals surface area (Å²) in [7, 11) is 0. The highest BCUT2D eigenvalue weighted by atomic mass is 16.1. The number of rotatable bonds is 1. The van der Waals surface area contributed by atoms with E-state index in [1.807, 2.05) is 31.2 Å². The van der Waals surface area contributed by atoms with Crippen molar-refractivity contribution in [3.8, 4) is 0 Å². The molecule has 0 atom stereocenters. The van der Waals surface area contributed by atoms with Crippen LogP contribution in [0.3, 0.4) is 0 Å². The maximum Gasteiger partial charge on any atom is 0.358 e. The maximum atomic E-state index is 11.3. The van der Waals surface area contributed by atoms with E-state index in [2.05, 4.69) is 25.6 Å². The van der Waals surface area contributed by atoms with Gasteiger partial charge >= 0.3 is 5.96 Å². The predicted octanol–water partition coefficient (Wildman–Crippen LogP) is -0.693. The number of aromatic nitrogens is 2. The topological polar surface area (TPSA) is 80.9 Å². The number of nitrogens with one attached hydrogen (secondary N) is 3. The number of carbonyl (C=O) groups is 1. The van der Waals surface area contributed by atoms with E-state index in [-0.39, 0.29) is 5.91 Å². The van der Waals surface area contributed by atoms with Gasteiger partial charge in [0.05, 0.1) is 24.2 Å². The lowest BCUT2D eigenvalue weighted by Crippen LogP contribution is -2.81. The molecule has 2 heterocycles. The fourth-order valence-electron chi connectivity index (χ4n) is 2.03. The van der Waals surface area contributed by atoms with Gasteiger partial charge in [-0.15, -0.1) is 0 Å². The van der Waals surface area contributed by atoms with Crippen LogP contribution in [0.25, 0.3) is 10.9 Å². The first-order valence-corrected chi connectivity index (χ1v) is 6.13. The van der Waals surface area contributed by atoms with Crippen molar-refractivity contribution >= 4 is 28.7 Å². The molecule has 1 amide bonds. The molecule has 0 aliphatic carbocycles. The number of hydrogen-bond donors (Lipinski definition) is 3. The Bertz CT molecular complexity index is 680. The van der Waals surface area contributed by atoms with Crippen molar-refractivity contribution in [2.75, 3.05) is 11.9 Å². The molecule has 6 nitrogen and oxygen atoms in total. The quantitative estimate of drug-likeness (QED) is 0.630. The molecular formula is C13H14N5O+. The van der Waals surface area contributed by atoms with Crippen molar-refractivity contribution < 1.29 is 9.79 Å². The molecule has 19 heavy (non-hydrogen) atoms. The van der Waals surface area contributed by atoms with E-state index in [1.165, 1.54) is 0 Å². The van der Waals surface area contributed by atoms with Gasteiger partial charge in [-0.25, -0.2) is 15.6 Å². The molecule has 1 aliphatic rings. The SMILES string of the molecule is Cc1nc(NC2=[NH+]CCC(=O)N2)nc2ccccc12. The highest BCUT2D eigenvalue weighted by Gasteiger charge is 2.19. The number of nitrogens with zero attached hydrogens (tertiary/aromatic N) is 2. The van der Waals surface area contributed by atoms with Crippen molar-refractivity contribution in [3.63, 3.8) is 0 Å². The summed E-state index contributed by atoms with van der Waals surface area (Å²) in [5.74, 6) is 0.991. The zero-order valence-corrected chi connectivity index (χ0v) is 10.5. The molecule has 2 aromatic rings. The monoisotopic (exact) mass is 256 g/mol. The number of aryl methyl sites for hydroxylation is 1. The summed E-state index contributed by atoms with van der Waals surface area (Å²) in [6, 6.07) is 7.82. The third kappa shape index (κ3) is 2.37. The second-order valence-electron chi connectivity index (χ2n) is 4.37. The molecule has 0 radical (unpaired) electrons. The molecule has 1 aromatic heterocycles. The average molecular weight is 256 g/mol. The summed E-state index contributed by atoms with van der Waals surface area (Å²) in [4.78, 5) is 23.2. The summed E-state index contributed by atoms with van der Waals surface area (Å²) in [6.07, 6.45) is 0.475. The van der Waals surface area contributed by atoms with Crippen molar-refractivity contribution in [1.82, 2.24) is 15.3 Å². The second-order valence-corrected chi connectivity index (χ2v) is 4.37. The summed E-state index contributed by atoms with van der Waals surface area (Å²) >= 11 is 0. The molecular weight excluding hydrogens is 242 g/mol. The van der Waals surface area contributed by atoms with Crippen molar-refractivity contribution in [2.24, 2.45) is 0 Å². The molecule has 3 rings (SSSR count). The summed E-state index contributed by atoms with van der Waals surface area (Å²) < 4.78 is 0. The Kier molecular flexibility index (Phi) is 2.83. The highest BCUT2D eigenvalue weighted by molar-refractivity contribution is 6.01. The minimum atomic E-state index is -0.0150. The number of amides is 1. The second kappa shape index (κ2) is 4.64. The average Bonchev–Trinajstić information content (AvgIpc) is 2.39. The van der Waals surface area contributed by atoms with E-state index in [0.29, 0.717) is 24.9 Å². The molecule has 1 aromatic carbocycles. The normalized spacial score (nSPS) is 15.0. The van der Waals surface area contributed by atoms with Crippen LogP contribution in [0.4, 0.5) is 5.95 Å². The van der Waals surface area contributed by atoms with Crippen molar-refractivity contribution in [2.45, 2.75) is 13.3 Å². The first-order chi connectivity index (χ1) is 9.22. The van der Waals surface area contributed by atoms with Gasteiger partial charge in [0.15, 0.2) is 0 Å². The van der Waals surface area contributed by atoms with Gasteiger partial charge in [-0.1, -0.05) is 18.2 Å². The Morgan fingerprint density at radius 2 is 2.16 bits per heavy atom. The van der Waals surface area contributed by atoms with Crippen LogP contribution in [0.15, 0.2) is 24.3 Å². The molecule has 0 spiro atoms. The van der Waals surface area contributed by atoms with Crippen LogP contribution in [-0.2, 0) is 4.79 Å². The minimum absolute atomic E-state index is 0.0150. The van der Waals surface area contributed by atoms with Gasteiger partial charge in [-0.3, -0.25) is 9.79 Å². The van der Waals surface area contributed by atoms with Crippen molar-refractivity contribution in [3.05, 3.63) is 30.0 Å². The fourth-order valence-corrected chi connectivity index (χ4v) is 2.03. The van der Waals surface area contributed by atoms with Gasteiger partial charge in [-0.05, 0) is 13.0 Å².